The number of nitrogens with one attached hydrogen (secondary N) is 1. The highest BCUT2D eigenvalue weighted by molar-refractivity contribution is 5.79. The van der Waals surface area contributed by atoms with E-state index in [4.69, 9.17) is 9.47 Å². The van der Waals surface area contributed by atoms with Crippen LogP contribution in [0.4, 0.5) is 10.5 Å². The van der Waals surface area contributed by atoms with Crippen LogP contribution in [0.5, 0.6) is 5.75 Å². The van der Waals surface area contributed by atoms with Gasteiger partial charge in [-0.15, -0.1) is 10.1 Å². The van der Waals surface area contributed by atoms with Crippen molar-refractivity contribution in [1.82, 2.24) is 0 Å². The van der Waals surface area contributed by atoms with Crippen molar-refractivity contribution in [2.45, 2.75) is 33.6 Å². The van der Waals surface area contributed by atoms with Crippen molar-refractivity contribution in [2.24, 2.45) is 0 Å². The minimum atomic E-state index is -0.877. The summed E-state index contributed by atoms with van der Waals surface area (Å²) in [5.41, 5.74) is 2.78. The van der Waals surface area contributed by atoms with E-state index in [9.17, 15) is 19.7 Å². The maximum atomic E-state index is 11.7. The van der Waals surface area contributed by atoms with Gasteiger partial charge in [-0.25, -0.2) is 4.79 Å². The number of anilines is 1. The van der Waals surface area contributed by atoms with Crippen LogP contribution in [0, 0.1) is 30.9 Å². The van der Waals surface area contributed by atoms with Crippen molar-refractivity contribution >= 4 is 18.3 Å². The predicted octanol–water partition coefficient (Wildman–Crippen LogP) is 2.68. The molecule has 0 aliphatic heterocycles. The van der Waals surface area contributed by atoms with E-state index in [1.165, 1.54) is 0 Å². The second kappa shape index (κ2) is 9.33. The molecule has 0 bridgehead atoms. The number of rotatable bonds is 9. The molecule has 0 aliphatic carbocycles. The quantitative estimate of drug-likeness (QED) is 0.183. The number of amides is 1. The molecule has 1 N–H and O–H groups in total. The highest BCUT2D eigenvalue weighted by Gasteiger charge is 2.16. The van der Waals surface area contributed by atoms with Gasteiger partial charge in [-0.3, -0.25) is 4.79 Å². The molecule has 0 radical (unpaired) electrons. The zero-order valence-corrected chi connectivity index (χ0v) is 13.8. The Morgan fingerprint density at radius 1 is 1.25 bits per heavy atom. The summed E-state index contributed by atoms with van der Waals surface area (Å²) in [6, 6.07) is 1.79. The number of hydrogen-bond donors (Lipinski definition) is 1. The minimum absolute atomic E-state index is 0.0533. The predicted molar refractivity (Wildman–Crippen MR) is 84.5 cm³/mol. The molecule has 0 saturated carbocycles. The summed E-state index contributed by atoms with van der Waals surface area (Å²) >= 11 is 0. The molecule has 1 aromatic carbocycles. The minimum Gasteiger partial charge on any atom is -0.434 e. The Hall–Kier alpha value is -2.84. The van der Waals surface area contributed by atoms with Crippen molar-refractivity contribution in [3.05, 3.63) is 32.9 Å². The fourth-order valence-corrected chi connectivity index (χ4v) is 2.22. The number of benzene rings is 1. The first-order chi connectivity index (χ1) is 11.4. The van der Waals surface area contributed by atoms with Crippen LogP contribution in [0.2, 0.25) is 0 Å². The van der Waals surface area contributed by atoms with Crippen LogP contribution in [0.3, 0.4) is 0 Å². The first kappa shape index (κ1) is 19.2. The van der Waals surface area contributed by atoms with Crippen molar-refractivity contribution in [2.75, 3.05) is 18.5 Å². The van der Waals surface area contributed by atoms with Gasteiger partial charge in [0.2, 0.25) is 6.41 Å². The second-order valence-electron chi connectivity index (χ2n) is 5.07. The standard InChI is InChI=1S/C15H20N2O7/c1-10-8-11(2)14(12(3)13(10)16-9-18)24-15(19)22-6-4-5-7-23-17(20)21/h8-9H,4-7H2,1-3H3,(H,16,18). The molecule has 0 atom stereocenters. The summed E-state index contributed by atoms with van der Waals surface area (Å²) in [5.74, 6) is 0.326. The molecule has 24 heavy (non-hydrogen) atoms. The third kappa shape index (κ3) is 5.75. The topological polar surface area (TPSA) is 117 Å². The lowest BCUT2D eigenvalue weighted by Gasteiger charge is -2.16. The number of carbonyl (C=O) groups excluding carboxylic acids is 2. The van der Waals surface area contributed by atoms with Crippen molar-refractivity contribution in [1.29, 1.82) is 0 Å². The average molecular weight is 340 g/mol. The molecule has 9 nitrogen and oxygen atoms in total. The lowest BCUT2D eigenvalue weighted by molar-refractivity contribution is -0.757. The molecule has 1 rings (SSSR count). The number of unbranched alkanes of at least 4 members (excludes halogenated alkanes) is 1. The van der Waals surface area contributed by atoms with E-state index in [1.807, 2.05) is 6.92 Å². The zero-order chi connectivity index (χ0) is 18.1. The smallest absolute Gasteiger partial charge is 0.434 e. The Balaban J connectivity index is 2.56. The van der Waals surface area contributed by atoms with Gasteiger partial charge < -0.3 is 19.6 Å². The van der Waals surface area contributed by atoms with Crippen LogP contribution in [-0.4, -0.2) is 30.9 Å². The maximum Gasteiger partial charge on any atom is 0.513 e. The van der Waals surface area contributed by atoms with E-state index < -0.39 is 11.2 Å². The first-order valence-electron chi connectivity index (χ1n) is 7.29. The largest absolute Gasteiger partial charge is 0.513 e. The fourth-order valence-electron chi connectivity index (χ4n) is 2.22. The summed E-state index contributed by atoms with van der Waals surface area (Å²) < 4.78 is 10.1. The van der Waals surface area contributed by atoms with Gasteiger partial charge in [0, 0.05) is 5.56 Å². The third-order valence-electron chi connectivity index (χ3n) is 3.25. The van der Waals surface area contributed by atoms with E-state index in [-0.39, 0.29) is 13.2 Å². The lowest BCUT2D eigenvalue weighted by Crippen LogP contribution is -2.14. The van der Waals surface area contributed by atoms with Gasteiger partial charge in [0.15, 0.2) is 0 Å². The molecule has 1 aromatic rings. The number of hydrogen-bond acceptors (Lipinski definition) is 7. The summed E-state index contributed by atoms with van der Waals surface area (Å²) in [6.45, 7) is 5.35. The van der Waals surface area contributed by atoms with Crippen molar-refractivity contribution in [3.8, 4) is 5.75 Å². The summed E-state index contributed by atoms with van der Waals surface area (Å²) in [7, 11) is 0. The number of ether oxygens (including phenoxy) is 2. The Kier molecular flexibility index (Phi) is 7.47. The number of nitrogens with zero attached hydrogens (tertiary/aromatic N) is 1. The normalized spacial score (nSPS) is 9.96. The monoisotopic (exact) mass is 340 g/mol. The zero-order valence-electron chi connectivity index (χ0n) is 13.8. The number of carbonyl (C=O) groups is 2. The molecule has 9 heteroatoms. The molecule has 0 fully saturated rings. The van der Waals surface area contributed by atoms with E-state index in [0.717, 1.165) is 11.1 Å². The average Bonchev–Trinajstić information content (AvgIpc) is 2.51. The molecule has 0 saturated heterocycles. The van der Waals surface area contributed by atoms with Gasteiger partial charge in [-0.05, 0) is 44.7 Å². The van der Waals surface area contributed by atoms with E-state index >= 15 is 0 Å². The molecule has 0 aromatic heterocycles. The molecular formula is C15H20N2O7. The maximum absolute atomic E-state index is 11.7. The van der Waals surface area contributed by atoms with Crippen LogP contribution in [0.1, 0.15) is 29.5 Å². The molecule has 0 unspecified atom stereocenters. The molecule has 0 heterocycles. The van der Waals surface area contributed by atoms with E-state index in [0.29, 0.717) is 36.3 Å². The highest BCUT2D eigenvalue weighted by atomic mass is 16.9. The molecule has 132 valence electrons. The molecular weight excluding hydrogens is 320 g/mol. The van der Waals surface area contributed by atoms with E-state index in [1.54, 1.807) is 19.9 Å². The Morgan fingerprint density at radius 2 is 1.92 bits per heavy atom. The molecule has 1 amide bonds. The third-order valence-corrected chi connectivity index (χ3v) is 3.25. The van der Waals surface area contributed by atoms with Gasteiger partial charge in [0.1, 0.15) is 5.75 Å². The van der Waals surface area contributed by atoms with Crippen LogP contribution in [0.25, 0.3) is 0 Å². The van der Waals surface area contributed by atoms with Gasteiger partial charge in [-0.2, -0.15) is 0 Å². The lowest BCUT2D eigenvalue weighted by atomic mass is 10.0. The summed E-state index contributed by atoms with van der Waals surface area (Å²) in [4.78, 5) is 36.5. The summed E-state index contributed by atoms with van der Waals surface area (Å²) in [6.07, 6.45) is 0.467. The number of aryl methyl sites for hydroxylation is 2. The van der Waals surface area contributed by atoms with Crippen LogP contribution >= 0.6 is 0 Å². The Labute approximate surface area is 139 Å². The molecule has 0 spiro atoms. The van der Waals surface area contributed by atoms with Gasteiger partial charge in [-0.1, -0.05) is 6.07 Å². The summed E-state index contributed by atoms with van der Waals surface area (Å²) in [5, 5.41) is 11.7. The molecule has 0 aliphatic rings. The van der Waals surface area contributed by atoms with Gasteiger partial charge >= 0.3 is 6.16 Å². The Bertz CT molecular complexity index is 616. The van der Waals surface area contributed by atoms with E-state index in [2.05, 4.69) is 10.2 Å². The first-order valence-corrected chi connectivity index (χ1v) is 7.29. The van der Waals surface area contributed by atoms with Crippen molar-refractivity contribution < 1.29 is 29.0 Å². The SMILES string of the molecule is Cc1cc(C)c(OC(=O)OCCCCO[N+](=O)[O-])c(C)c1NC=O. The second-order valence-corrected chi connectivity index (χ2v) is 5.07. The van der Waals surface area contributed by atoms with Crippen LogP contribution in [-0.2, 0) is 14.4 Å². The van der Waals surface area contributed by atoms with Gasteiger partial charge in [0.05, 0.1) is 18.9 Å². The Morgan fingerprint density at radius 3 is 2.54 bits per heavy atom. The van der Waals surface area contributed by atoms with Crippen LogP contribution in [0.15, 0.2) is 6.07 Å². The van der Waals surface area contributed by atoms with Crippen LogP contribution < -0.4 is 10.1 Å². The highest BCUT2D eigenvalue weighted by Crippen LogP contribution is 2.32. The van der Waals surface area contributed by atoms with Crippen molar-refractivity contribution in [3.63, 3.8) is 0 Å². The van der Waals surface area contributed by atoms with Gasteiger partial charge in [0.25, 0.3) is 5.09 Å². The fraction of sp³-hybridized carbons (Fsp3) is 0.467.